The van der Waals surface area contributed by atoms with Crippen molar-refractivity contribution in [1.82, 2.24) is 5.43 Å². The second-order valence-electron chi connectivity index (χ2n) is 3.59. The summed E-state index contributed by atoms with van der Waals surface area (Å²) in [6.45, 7) is 3.35. The molecule has 1 aromatic carbocycles. The van der Waals surface area contributed by atoms with Gasteiger partial charge in [-0.3, -0.25) is 10.4 Å². The zero-order valence-corrected chi connectivity index (χ0v) is 10.4. The standard InChI is InChI=1S/C12H20N4O/c1-3-8-14-12(16-13)15-11-7-5-4-6-10(11)9-17-2/h4-7H,3,8-9,13H2,1-2H3,(H2,14,15,16). The van der Waals surface area contributed by atoms with E-state index in [-0.39, 0.29) is 0 Å². The Kier molecular flexibility index (Phi) is 6.06. The molecule has 4 N–H and O–H groups in total. The van der Waals surface area contributed by atoms with Crippen LogP contribution in [0.15, 0.2) is 29.3 Å². The largest absolute Gasteiger partial charge is 0.380 e. The minimum atomic E-state index is 0.550. The van der Waals surface area contributed by atoms with Gasteiger partial charge in [-0.1, -0.05) is 25.1 Å². The lowest BCUT2D eigenvalue weighted by Gasteiger charge is -2.12. The monoisotopic (exact) mass is 236 g/mol. The average Bonchev–Trinajstić information content (AvgIpc) is 2.36. The van der Waals surface area contributed by atoms with Crippen LogP contribution in [0.1, 0.15) is 18.9 Å². The van der Waals surface area contributed by atoms with Gasteiger partial charge < -0.3 is 10.1 Å². The van der Waals surface area contributed by atoms with Gasteiger partial charge >= 0.3 is 0 Å². The van der Waals surface area contributed by atoms with Gasteiger partial charge in [0.05, 0.1) is 6.61 Å². The van der Waals surface area contributed by atoms with Crippen molar-refractivity contribution in [3.63, 3.8) is 0 Å². The van der Waals surface area contributed by atoms with Crippen LogP contribution in [0, 0.1) is 0 Å². The predicted molar refractivity (Wildman–Crippen MR) is 70.7 cm³/mol. The summed E-state index contributed by atoms with van der Waals surface area (Å²) >= 11 is 0. The van der Waals surface area contributed by atoms with E-state index >= 15 is 0 Å². The molecule has 0 bridgehead atoms. The fourth-order valence-corrected chi connectivity index (χ4v) is 1.40. The molecule has 1 rings (SSSR count). The molecule has 0 spiro atoms. The molecule has 0 amide bonds. The van der Waals surface area contributed by atoms with Gasteiger partial charge in [-0.2, -0.15) is 0 Å². The number of nitrogens with two attached hydrogens (primary N) is 1. The molecule has 0 heterocycles. The molecule has 0 atom stereocenters. The van der Waals surface area contributed by atoms with E-state index < -0.39 is 0 Å². The average molecular weight is 236 g/mol. The van der Waals surface area contributed by atoms with Crippen LogP contribution in [0.3, 0.4) is 0 Å². The summed E-state index contributed by atoms with van der Waals surface area (Å²) in [7, 11) is 1.67. The second kappa shape index (κ2) is 7.65. The number of hydrogen-bond donors (Lipinski definition) is 3. The van der Waals surface area contributed by atoms with Gasteiger partial charge in [0.15, 0.2) is 0 Å². The summed E-state index contributed by atoms with van der Waals surface area (Å²) in [5.74, 6) is 5.98. The number of guanidine groups is 1. The lowest BCUT2D eigenvalue weighted by atomic mass is 10.2. The Morgan fingerprint density at radius 2 is 2.18 bits per heavy atom. The maximum Gasteiger partial charge on any atom is 0.210 e. The first-order valence-electron chi connectivity index (χ1n) is 5.66. The van der Waals surface area contributed by atoms with Gasteiger partial charge in [-0.25, -0.2) is 5.84 Å². The van der Waals surface area contributed by atoms with Gasteiger partial charge in [-0.05, 0) is 12.5 Å². The Labute approximate surface area is 102 Å². The second-order valence-corrected chi connectivity index (χ2v) is 3.59. The van der Waals surface area contributed by atoms with Gasteiger partial charge in [0.25, 0.3) is 0 Å². The first-order valence-corrected chi connectivity index (χ1v) is 5.66. The zero-order chi connectivity index (χ0) is 12.5. The van der Waals surface area contributed by atoms with Gasteiger partial charge in [-0.15, -0.1) is 0 Å². The molecule has 0 saturated carbocycles. The van der Waals surface area contributed by atoms with Crippen molar-refractivity contribution in [3.8, 4) is 0 Å². The summed E-state index contributed by atoms with van der Waals surface area (Å²) in [6.07, 6.45) is 0.979. The topological polar surface area (TPSA) is 71.7 Å². The summed E-state index contributed by atoms with van der Waals surface area (Å²) in [5, 5.41) is 3.15. The SMILES string of the molecule is CCCN=C(NN)Nc1ccccc1COC. The Morgan fingerprint density at radius 3 is 2.82 bits per heavy atom. The third-order valence-corrected chi connectivity index (χ3v) is 2.20. The highest BCUT2D eigenvalue weighted by Gasteiger charge is 2.03. The highest BCUT2D eigenvalue weighted by molar-refractivity contribution is 5.93. The van der Waals surface area contributed by atoms with Crippen LogP contribution in [-0.4, -0.2) is 19.6 Å². The van der Waals surface area contributed by atoms with Crippen molar-refractivity contribution in [2.45, 2.75) is 20.0 Å². The minimum absolute atomic E-state index is 0.550. The van der Waals surface area contributed by atoms with E-state index in [9.17, 15) is 0 Å². The number of benzene rings is 1. The molecule has 0 fully saturated rings. The number of rotatable bonds is 5. The molecular weight excluding hydrogens is 216 g/mol. The molecule has 17 heavy (non-hydrogen) atoms. The van der Waals surface area contributed by atoms with E-state index in [1.165, 1.54) is 0 Å². The molecule has 1 aromatic rings. The number of aliphatic imine (C=N–C) groups is 1. The number of methoxy groups -OCH3 is 1. The molecule has 0 unspecified atom stereocenters. The minimum Gasteiger partial charge on any atom is -0.380 e. The lowest BCUT2D eigenvalue weighted by molar-refractivity contribution is 0.185. The normalized spacial score (nSPS) is 11.4. The van der Waals surface area contributed by atoms with Gasteiger partial charge in [0, 0.05) is 24.9 Å². The molecule has 94 valence electrons. The van der Waals surface area contributed by atoms with E-state index in [2.05, 4.69) is 22.7 Å². The Bertz CT molecular complexity index is 365. The Hall–Kier alpha value is -1.59. The molecule has 0 radical (unpaired) electrons. The third kappa shape index (κ3) is 4.42. The number of para-hydroxylation sites is 1. The first-order chi connectivity index (χ1) is 8.31. The summed E-state index contributed by atoms with van der Waals surface area (Å²) < 4.78 is 5.13. The number of nitrogens with one attached hydrogen (secondary N) is 2. The lowest BCUT2D eigenvalue weighted by Crippen LogP contribution is -2.36. The highest BCUT2D eigenvalue weighted by atomic mass is 16.5. The zero-order valence-electron chi connectivity index (χ0n) is 10.4. The highest BCUT2D eigenvalue weighted by Crippen LogP contribution is 2.15. The van der Waals surface area contributed by atoms with Crippen molar-refractivity contribution in [2.24, 2.45) is 10.8 Å². The van der Waals surface area contributed by atoms with E-state index in [1.54, 1.807) is 7.11 Å². The number of nitrogens with zero attached hydrogens (tertiary/aromatic N) is 1. The predicted octanol–water partition coefficient (Wildman–Crippen LogP) is 1.47. The van der Waals surface area contributed by atoms with Crippen molar-refractivity contribution in [1.29, 1.82) is 0 Å². The molecule has 5 heteroatoms. The number of hydrazine groups is 1. The molecule has 0 saturated heterocycles. The molecule has 0 aliphatic carbocycles. The van der Waals surface area contributed by atoms with Crippen LogP contribution in [0.4, 0.5) is 5.69 Å². The van der Waals surface area contributed by atoms with Crippen molar-refractivity contribution in [2.75, 3.05) is 19.0 Å². The van der Waals surface area contributed by atoms with Crippen molar-refractivity contribution in [3.05, 3.63) is 29.8 Å². The van der Waals surface area contributed by atoms with Crippen LogP contribution >= 0.6 is 0 Å². The molecular formula is C12H20N4O. The third-order valence-electron chi connectivity index (χ3n) is 2.20. The fraction of sp³-hybridized carbons (Fsp3) is 0.417. The summed E-state index contributed by atoms with van der Waals surface area (Å²) in [5.41, 5.74) is 4.56. The van der Waals surface area contributed by atoms with Crippen LogP contribution in [-0.2, 0) is 11.3 Å². The van der Waals surface area contributed by atoms with E-state index in [4.69, 9.17) is 10.6 Å². The van der Waals surface area contributed by atoms with E-state index in [1.807, 2.05) is 24.3 Å². The van der Waals surface area contributed by atoms with E-state index in [0.717, 1.165) is 24.2 Å². The van der Waals surface area contributed by atoms with Crippen LogP contribution in [0.2, 0.25) is 0 Å². The van der Waals surface area contributed by atoms with Crippen LogP contribution in [0.25, 0.3) is 0 Å². The molecule has 0 aliphatic heterocycles. The van der Waals surface area contributed by atoms with Crippen molar-refractivity contribution < 1.29 is 4.74 Å². The van der Waals surface area contributed by atoms with Crippen molar-refractivity contribution >= 4 is 11.6 Å². The van der Waals surface area contributed by atoms with Gasteiger partial charge in [0.2, 0.25) is 5.96 Å². The summed E-state index contributed by atoms with van der Waals surface area (Å²) in [4.78, 5) is 4.29. The Balaban J connectivity index is 2.78. The summed E-state index contributed by atoms with van der Waals surface area (Å²) in [6, 6.07) is 7.89. The van der Waals surface area contributed by atoms with Crippen LogP contribution in [0.5, 0.6) is 0 Å². The number of ether oxygens (including phenoxy) is 1. The van der Waals surface area contributed by atoms with Crippen LogP contribution < -0.4 is 16.6 Å². The smallest absolute Gasteiger partial charge is 0.210 e. The molecule has 0 aromatic heterocycles. The van der Waals surface area contributed by atoms with Gasteiger partial charge in [0.1, 0.15) is 0 Å². The first kappa shape index (κ1) is 13.5. The maximum atomic E-state index is 5.41. The number of hydrogen-bond acceptors (Lipinski definition) is 3. The van der Waals surface area contributed by atoms with E-state index in [0.29, 0.717) is 12.6 Å². The molecule has 5 nitrogen and oxygen atoms in total. The fourth-order valence-electron chi connectivity index (χ4n) is 1.40. The number of anilines is 1. The maximum absolute atomic E-state index is 5.41. The Morgan fingerprint density at radius 1 is 1.41 bits per heavy atom. The quantitative estimate of drug-likeness (QED) is 0.313. The molecule has 0 aliphatic rings.